The molecule has 1 aromatic rings. The number of aliphatic imine (C=N–C) groups is 1. The number of nitrogens with one attached hydrogen (secondary N) is 1. The molecule has 2 unspecified atom stereocenters. The van der Waals surface area contributed by atoms with Gasteiger partial charge in [0.25, 0.3) is 0 Å². The molecule has 2 rings (SSSR count). The van der Waals surface area contributed by atoms with Crippen molar-refractivity contribution in [2.75, 3.05) is 5.75 Å². The van der Waals surface area contributed by atoms with E-state index in [1.165, 1.54) is 11.3 Å². The second-order valence-electron chi connectivity index (χ2n) is 4.30. The molecule has 0 aliphatic carbocycles. The number of nitrogens with zero attached hydrogens (tertiary/aromatic N) is 2. The number of hydrogen-bond acceptors (Lipinski definition) is 5. The molecule has 17 heavy (non-hydrogen) atoms. The Morgan fingerprint density at radius 3 is 3.06 bits per heavy atom. The average Bonchev–Trinajstić information content (AvgIpc) is 2.77. The molecular formula is C12H19N3S2. The second-order valence-corrected chi connectivity index (χ2v) is 6.54. The Morgan fingerprint density at radius 2 is 2.41 bits per heavy atom. The van der Waals surface area contributed by atoms with Crippen molar-refractivity contribution in [1.82, 2.24) is 10.3 Å². The van der Waals surface area contributed by atoms with Gasteiger partial charge >= 0.3 is 0 Å². The van der Waals surface area contributed by atoms with E-state index in [1.807, 2.05) is 18.0 Å². The van der Waals surface area contributed by atoms with Gasteiger partial charge in [-0.1, -0.05) is 18.7 Å². The van der Waals surface area contributed by atoms with Gasteiger partial charge in [0.1, 0.15) is 5.01 Å². The molecule has 0 radical (unpaired) electrons. The van der Waals surface area contributed by atoms with E-state index in [4.69, 9.17) is 0 Å². The molecule has 1 N–H and O–H groups in total. The van der Waals surface area contributed by atoms with Gasteiger partial charge in [-0.15, -0.1) is 11.3 Å². The summed E-state index contributed by atoms with van der Waals surface area (Å²) in [4.78, 5) is 10.4. The highest BCUT2D eigenvalue weighted by Gasteiger charge is 2.16. The van der Waals surface area contributed by atoms with Crippen molar-refractivity contribution < 1.29 is 0 Å². The predicted octanol–water partition coefficient (Wildman–Crippen LogP) is 3.24. The van der Waals surface area contributed by atoms with Crippen LogP contribution in [0.2, 0.25) is 0 Å². The van der Waals surface area contributed by atoms with Gasteiger partial charge < -0.3 is 5.32 Å². The van der Waals surface area contributed by atoms with Crippen LogP contribution in [0.1, 0.15) is 43.1 Å². The van der Waals surface area contributed by atoms with E-state index < -0.39 is 0 Å². The normalized spacial score (nSPS) is 22.1. The highest BCUT2D eigenvalue weighted by Crippen LogP contribution is 2.23. The summed E-state index contributed by atoms with van der Waals surface area (Å²) in [6.07, 6.45) is 4.23. The van der Waals surface area contributed by atoms with Crippen molar-refractivity contribution >= 4 is 28.3 Å². The number of hydrogen-bond donors (Lipinski definition) is 1. The van der Waals surface area contributed by atoms with Crippen LogP contribution >= 0.6 is 23.1 Å². The van der Waals surface area contributed by atoms with E-state index >= 15 is 0 Å². The molecule has 0 saturated heterocycles. The van der Waals surface area contributed by atoms with Crippen LogP contribution in [0.4, 0.5) is 0 Å². The smallest absolute Gasteiger partial charge is 0.157 e. The zero-order chi connectivity index (χ0) is 12.3. The fraction of sp³-hybridized carbons (Fsp3) is 0.667. The third kappa shape index (κ3) is 3.45. The van der Waals surface area contributed by atoms with Crippen molar-refractivity contribution in [2.45, 2.75) is 45.7 Å². The van der Waals surface area contributed by atoms with Crippen molar-refractivity contribution in [3.05, 3.63) is 16.1 Å². The third-order valence-corrected chi connectivity index (χ3v) is 5.00. The Morgan fingerprint density at radius 1 is 1.59 bits per heavy atom. The van der Waals surface area contributed by atoms with Crippen LogP contribution in [0.15, 0.2) is 11.2 Å². The molecule has 5 heteroatoms. The summed E-state index contributed by atoms with van der Waals surface area (Å²) in [5, 5.41) is 5.69. The molecule has 0 fully saturated rings. The molecule has 1 aromatic heterocycles. The maximum absolute atomic E-state index is 4.62. The second kappa shape index (κ2) is 5.87. The molecule has 0 bridgehead atoms. The lowest BCUT2D eigenvalue weighted by Gasteiger charge is -2.20. The maximum atomic E-state index is 4.62. The number of amidine groups is 1. The molecule has 2 atom stereocenters. The first-order valence-electron chi connectivity index (χ1n) is 6.10. The molecule has 0 amide bonds. The standard InChI is InChI=1S/C12H19N3S2/c1-4-10-7-13-11(17-10)9(3)15-12-14-8(2)5-6-16-12/h7-9H,4-6H2,1-3H3,(H,14,15). The van der Waals surface area contributed by atoms with Crippen LogP contribution in [0.3, 0.4) is 0 Å². The Bertz CT molecular complexity index is 400. The van der Waals surface area contributed by atoms with Crippen molar-refractivity contribution in [3.8, 4) is 0 Å². The summed E-state index contributed by atoms with van der Waals surface area (Å²) in [6.45, 7) is 6.49. The third-order valence-electron chi connectivity index (χ3n) is 2.74. The van der Waals surface area contributed by atoms with Gasteiger partial charge in [0.05, 0.1) is 12.1 Å². The summed E-state index contributed by atoms with van der Waals surface area (Å²) in [7, 11) is 0. The van der Waals surface area contributed by atoms with E-state index in [1.54, 1.807) is 11.3 Å². The van der Waals surface area contributed by atoms with Gasteiger partial charge in [-0.05, 0) is 26.7 Å². The minimum Gasteiger partial charge on any atom is -0.356 e. The van der Waals surface area contributed by atoms with Crippen LogP contribution in [-0.2, 0) is 6.42 Å². The molecule has 3 nitrogen and oxygen atoms in total. The minimum absolute atomic E-state index is 0.261. The summed E-state index contributed by atoms with van der Waals surface area (Å²) >= 11 is 3.61. The zero-order valence-corrected chi connectivity index (χ0v) is 12.2. The summed E-state index contributed by atoms with van der Waals surface area (Å²) in [5.74, 6) is 1.16. The first-order valence-corrected chi connectivity index (χ1v) is 7.91. The Hall–Kier alpha value is -0.550. The van der Waals surface area contributed by atoms with Gasteiger partial charge in [-0.25, -0.2) is 4.98 Å². The van der Waals surface area contributed by atoms with Gasteiger partial charge in [0.15, 0.2) is 5.17 Å². The Kier molecular flexibility index (Phi) is 4.45. The predicted molar refractivity (Wildman–Crippen MR) is 77.0 cm³/mol. The lowest BCUT2D eigenvalue weighted by atomic mass is 10.3. The molecule has 1 aliphatic heterocycles. The topological polar surface area (TPSA) is 37.3 Å². The number of rotatable bonds is 3. The van der Waals surface area contributed by atoms with E-state index in [9.17, 15) is 0 Å². The van der Waals surface area contributed by atoms with E-state index in [-0.39, 0.29) is 6.04 Å². The lowest BCUT2D eigenvalue weighted by molar-refractivity contribution is 0.680. The number of thioether (sulfide) groups is 1. The molecule has 0 saturated carbocycles. The minimum atomic E-state index is 0.261. The van der Waals surface area contributed by atoms with Crippen LogP contribution in [0.25, 0.3) is 0 Å². The molecule has 94 valence electrons. The quantitative estimate of drug-likeness (QED) is 0.915. The van der Waals surface area contributed by atoms with Crippen molar-refractivity contribution in [1.29, 1.82) is 0 Å². The highest BCUT2D eigenvalue weighted by molar-refractivity contribution is 8.13. The van der Waals surface area contributed by atoms with Crippen LogP contribution in [0.5, 0.6) is 0 Å². The summed E-state index contributed by atoms with van der Waals surface area (Å²) in [6, 6.07) is 0.713. The lowest BCUT2D eigenvalue weighted by Crippen LogP contribution is -2.28. The summed E-state index contributed by atoms with van der Waals surface area (Å²) in [5.41, 5.74) is 0. The van der Waals surface area contributed by atoms with Crippen LogP contribution < -0.4 is 5.32 Å². The molecule has 1 aliphatic rings. The molecule has 2 heterocycles. The number of aryl methyl sites for hydroxylation is 1. The van der Waals surface area contributed by atoms with Gasteiger partial charge in [-0.3, -0.25) is 4.99 Å². The van der Waals surface area contributed by atoms with Gasteiger partial charge in [0.2, 0.25) is 0 Å². The first-order chi connectivity index (χ1) is 8.19. The first kappa shape index (κ1) is 12.9. The SMILES string of the molecule is CCc1cnc(C(C)NC2=NC(C)CCS2)s1. The van der Waals surface area contributed by atoms with E-state index in [0.29, 0.717) is 6.04 Å². The Labute approximate surface area is 111 Å². The van der Waals surface area contributed by atoms with Gasteiger partial charge in [-0.2, -0.15) is 0 Å². The monoisotopic (exact) mass is 269 g/mol. The molecular weight excluding hydrogens is 250 g/mol. The van der Waals surface area contributed by atoms with E-state index in [0.717, 1.165) is 22.3 Å². The van der Waals surface area contributed by atoms with Gasteiger partial charge in [0, 0.05) is 16.8 Å². The summed E-state index contributed by atoms with van der Waals surface area (Å²) < 4.78 is 0. The van der Waals surface area contributed by atoms with Crippen molar-refractivity contribution in [2.24, 2.45) is 4.99 Å². The van der Waals surface area contributed by atoms with Crippen LogP contribution in [0, 0.1) is 0 Å². The largest absolute Gasteiger partial charge is 0.356 e. The van der Waals surface area contributed by atoms with Crippen molar-refractivity contribution in [3.63, 3.8) is 0 Å². The highest BCUT2D eigenvalue weighted by atomic mass is 32.2. The molecule has 0 spiro atoms. The fourth-order valence-electron chi connectivity index (χ4n) is 1.64. The fourth-order valence-corrected chi connectivity index (χ4v) is 3.67. The average molecular weight is 269 g/mol. The number of aromatic nitrogens is 1. The molecule has 0 aromatic carbocycles. The number of thiazole rings is 1. The van der Waals surface area contributed by atoms with Crippen LogP contribution in [-0.4, -0.2) is 21.9 Å². The Balaban J connectivity index is 1.98. The zero-order valence-electron chi connectivity index (χ0n) is 10.6. The van der Waals surface area contributed by atoms with E-state index in [2.05, 4.69) is 36.1 Å². The maximum Gasteiger partial charge on any atom is 0.157 e.